The van der Waals surface area contributed by atoms with Crippen molar-refractivity contribution in [3.05, 3.63) is 70.4 Å². The Hall–Kier alpha value is -2.10. The molecule has 0 aliphatic heterocycles. The average Bonchev–Trinajstić information content (AvgIpc) is 2.94. The van der Waals surface area contributed by atoms with Crippen LogP contribution >= 0.6 is 11.6 Å². The van der Waals surface area contributed by atoms with Crippen LogP contribution in [0, 0.1) is 6.92 Å². The molecule has 0 amide bonds. The SMILES string of the molecule is C/C=C(/C)C(O)c1c(-c2cccc(C)c2)nn2c(Cl)cccc12. The predicted octanol–water partition coefficient (Wildman–Crippen LogP) is 4.96. The van der Waals surface area contributed by atoms with Gasteiger partial charge in [-0.25, -0.2) is 4.52 Å². The van der Waals surface area contributed by atoms with Crippen molar-refractivity contribution < 1.29 is 5.11 Å². The fraction of sp³-hybridized carbons (Fsp3) is 0.211. The number of allylic oxidation sites excluding steroid dienone is 1. The molecule has 0 radical (unpaired) electrons. The van der Waals surface area contributed by atoms with Gasteiger partial charge in [-0.05, 0) is 44.5 Å². The fourth-order valence-corrected chi connectivity index (χ4v) is 2.92. The van der Waals surface area contributed by atoms with Crippen LogP contribution in [-0.4, -0.2) is 14.7 Å². The van der Waals surface area contributed by atoms with E-state index in [0.29, 0.717) is 5.15 Å². The second-order valence-electron chi connectivity index (χ2n) is 5.71. The molecule has 0 spiro atoms. The molecule has 1 unspecified atom stereocenters. The topological polar surface area (TPSA) is 37.5 Å². The lowest BCUT2D eigenvalue weighted by atomic mass is 9.97. The van der Waals surface area contributed by atoms with Crippen molar-refractivity contribution in [2.75, 3.05) is 0 Å². The number of aliphatic hydroxyl groups is 1. The van der Waals surface area contributed by atoms with Crippen LogP contribution in [0.4, 0.5) is 0 Å². The second kappa shape index (κ2) is 6.19. The molecule has 0 fully saturated rings. The molecule has 23 heavy (non-hydrogen) atoms. The first-order chi connectivity index (χ1) is 11.0. The summed E-state index contributed by atoms with van der Waals surface area (Å²) in [6.07, 6.45) is 1.20. The van der Waals surface area contributed by atoms with Crippen molar-refractivity contribution in [3.63, 3.8) is 0 Å². The molecular weight excluding hydrogens is 308 g/mol. The first kappa shape index (κ1) is 15.8. The minimum atomic E-state index is -0.716. The van der Waals surface area contributed by atoms with Gasteiger partial charge in [0.05, 0.1) is 11.2 Å². The molecule has 0 bridgehead atoms. The molecule has 0 aliphatic rings. The number of nitrogens with zero attached hydrogens (tertiary/aromatic N) is 2. The van der Waals surface area contributed by atoms with E-state index in [1.807, 2.05) is 57.2 Å². The van der Waals surface area contributed by atoms with Gasteiger partial charge in [0.1, 0.15) is 11.3 Å². The van der Waals surface area contributed by atoms with Crippen LogP contribution in [0.3, 0.4) is 0 Å². The standard InChI is InChI=1S/C19H19ClN2O/c1-4-13(3)19(23)17-15-9-6-10-16(20)22(15)21-18(17)14-8-5-7-12(2)11-14/h4-11,19,23H,1-3H3/b13-4-. The molecule has 1 aromatic carbocycles. The van der Waals surface area contributed by atoms with Crippen LogP contribution in [-0.2, 0) is 0 Å². The summed E-state index contributed by atoms with van der Waals surface area (Å²) in [5.41, 5.74) is 5.37. The van der Waals surface area contributed by atoms with Crippen LogP contribution in [0.25, 0.3) is 16.8 Å². The molecule has 0 aliphatic carbocycles. The van der Waals surface area contributed by atoms with Crippen LogP contribution in [0.2, 0.25) is 5.15 Å². The summed E-state index contributed by atoms with van der Waals surface area (Å²) in [6.45, 7) is 5.88. The summed E-state index contributed by atoms with van der Waals surface area (Å²) >= 11 is 6.28. The average molecular weight is 327 g/mol. The number of pyridine rings is 1. The predicted molar refractivity (Wildman–Crippen MR) is 94.8 cm³/mol. The zero-order valence-corrected chi connectivity index (χ0v) is 14.2. The number of aromatic nitrogens is 2. The third kappa shape index (κ3) is 2.78. The zero-order valence-electron chi connectivity index (χ0n) is 13.4. The van der Waals surface area contributed by atoms with E-state index in [1.165, 1.54) is 0 Å². The maximum absolute atomic E-state index is 10.8. The van der Waals surface area contributed by atoms with Gasteiger partial charge < -0.3 is 5.11 Å². The lowest BCUT2D eigenvalue weighted by Gasteiger charge is -2.12. The third-order valence-corrected chi connectivity index (χ3v) is 4.39. The van der Waals surface area contributed by atoms with Gasteiger partial charge in [0, 0.05) is 11.1 Å². The number of aryl methyl sites for hydroxylation is 1. The van der Waals surface area contributed by atoms with E-state index in [1.54, 1.807) is 10.6 Å². The Morgan fingerprint density at radius 1 is 1.26 bits per heavy atom. The van der Waals surface area contributed by atoms with Crippen molar-refractivity contribution in [1.29, 1.82) is 0 Å². The number of hydrogen-bond donors (Lipinski definition) is 1. The number of hydrogen-bond acceptors (Lipinski definition) is 2. The maximum Gasteiger partial charge on any atom is 0.131 e. The quantitative estimate of drug-likeness (QED) is 0.545. The molecule has 1 N–H and O–H groups in total. The van der Waals surface area contributed by atoms with Gasteiger partial charge in [0.15, 0.2) is 0 Å². The first-order valence-corrected chi connectivity index (χ1v) is 7.95. The molecule has 0 saturated heterocycles. The fourth-order valence-electron chi connectivity index (χ4n) is 2.72. The molecule has 2 heterocycles. The number of halogens is 1. The molecule has 118 valence electrons. The highest BCUT2D eigenvalue weighted by atomic mass is 35.5. The second-order valence-corrected chi connectivity index (χ2v) is 6.10. The normalized spacial score (nSPS) is 13.5. The van der Waals surface area contributed by atoms with Crippen molar-refractivity contribution >= 4 is 17.1 Å². The molecule has 3 rings (SSSR count). The van der Waals surface area contributed by atoms with E-state index in [4.69, 9.17) is 11.6 Å². The maximum atomic E-state index is 10.8. The van der Waals surface area contributed by atoms with Crippen molar-refractivity contribution in [2.45, 2.75) is 26.9 Å². The van der Waals surface area contributed by atoms with E-state index >= 15 is 0 Å². The summed E-state index contributed by atoms with van der Waals surface area (Å²) in [6, 6.07) is 13.7. The van der Waals surface area contributed by atoms with Crippen molar-refractivity contribution in [2.24, 2.45) is 0 Å². The van der Waals surface area contributed by atoms with Crippen LogP contribution in [0.1, 0.15) is 31.1 Å². The Balaban J connectivity index is 2.34. The zero-order chi connectivity index (χ0) is 16.6. The van der Waals surface area contributed by atoms with Crippen LogP contribution in [0.15, 0.2) is 54.1 Å². The van der Waals surface area contributed by atoms with Crippen molar-refractivity contribution in [1.82, 2.24) is 9.61 Å². The van der Waals surface area contributed by atoms with Gasteiger partial charge in [-0.3, -0.25) is 0 Å². The molecule has 3 nitrogen and oxygen atoms in total. The summed E-state index contributed by atoms with van der Waals surface area (Å²) in [5.74, 6) is 0. The molecule has 3 aromatic rings. The smallest absolute Gasteiger partial charge is 0.131 e. The summed E-state index contributed by atoms with van der Waals surface area (Å²) in [5, 5.41) is 16.0. The first-order valence-electron chi connectivity index (χ1n) is 7.58. The molecule has 4 heteroatoms. The minimum absolute atomic E-state index is 0.521. The third-order valence-electron chi connectivity index (χ3n) is 4.10. The largest absolute Gasteiger partial charge is 0.384 e. The van der Waals surface area contributed by atoms with Gasteiger partial charge in [0.25, 0.3) is 0 Å². The van der Waals surface area contributed by atoms with E-state index in [0.717, 1.165) is 33.5 Å². The number of aliphatic hydroxyl groups excluding tert-OH is 1. The summed E-state index contributed by atoms with van der Waals surface area (Å²) in [7, 11) is 0. The Morgan fingerprint density at radius 2 is 2.00 bits per heavy atom. The van der Waals surface area contributed by atoms with Crippen LogP contribution < -0.4 is 0 Å². The summed E-state index contributed by atoms with van der Waals surface area (Å²) in [4.78, 5) is 0. The Kier molecular flexibility index (Phi) is 4.24. The molecule has 0 saturated carbocycles. The van der Waals surface area contributed by atoms with E-state index < -0.39 is 6.10 Å². The highest BCUT2D eigenvalue weighted by Crippen LogP contribution is 2.35. The lowest BCUT2D eigenvalue weighted by molar-refractivity contribution is 0.217. The minimum Gasteiger partial charge on any atom is -0.384 e. The van der Waals surface area contributed by atoms with Gasteiger partial charge in [-0.15, -0.1) is 0 Å². The Labute approximate surface area is 140 Å². The molecule has 2 aromatic heterocycles. The molecule has 1 atom stereocenters. The van der Waals surface area contributed by atoms with Crippen molar-refractivity contribution in [3.8, 4) is 11.3 Å². The number of fused-ring (bicyclic) bond motifs is 1. The van der Waals surface area contributed by atoms with Gasteiger partial charge in [0.2, 0.25) is 0 Å². The van der Waals surface area contributed by atoms with Crippen LogP contribution in [0.5, 0.6) is 0 Å². The van der Waals surface area contributed by atoms with E-state index in [-0.39, 0.29) is 0 Å². The van der Waals surface area contributed by atoms with E-state index in [2.05, 4.69) is 11.2 Å². The van der Waals surface area contributed by atoms with Gasteiger partial charge in [-0.2, -0.15) is 5.10 Å². The van der Waals surface area contributed by atoms with E-state index in [9.17, 15) is 5.11 Å². The highest BCUT2D eigenvalue weighted by molar-refractivity contribution is 6.29. The Bertz CT molecular complexity index is 896. The Morgan fingerprint density at radius 3 is 2.70 bits per heavy atom. The highest BCUT2D eigenvalue weighted by Gasteiger charge is 2.23. The number of rotatable bonds is 3. The molecular formula is C19H19ClN2O. The van der Waals surface area contributed by atoms with Gasteiger partial charge >= 0.3 is 0 Å². The van der Waals surface area contributed by atoms with Gasteiger partial charge in [-0.1, -0.05) is 47.5 Å². The number of benzene rings is 1. The lowest BCUT2D eigenvalue weighted by Crippen LogP contribution is -2.00. The monoisotopic (exact) mass is 326 g/mol. The summed E-state index contributed by atoms with van der Waals surface area (Å²) < 4.78 is 1.68.